The fourth-order valence-corrected chi connectivity index (χ4v) is 3.80. The van der Waals surface area contributed by atoms with Crippen LogP contribution in [-0.2, 0) is 0 Å². The lowest BCUT2D eigenvalue weighted by molar-refractivity contribution is 0.428. The largest absolute Gasteiger partial charge is 0.369 e. The zero-order chi connectivity index (χ0) is 11.9. The molecule has 0 amide bonds. The number of hydrogen-bond donors (Lipinski definition) is 1. The van der Waals surface area contributed by atoms with Crippen molar-refractivity contribution in [2.45, 2.75) is 25.7 Å². The molecule has 2 heterocycles. The van der Waals surface area contributed by atoms with E-state index in [0.29, 0.717) is 0 Å². The summed E-state index contributed by atoms with van der Waals surface area (Å²) in [4.78, 5) is 4.51. The predicted molar refractivity (Wildman–Crippen MR) is 77.0 cm³/mol. The first-order valence-electron chi connectivity index (χ1n) is 6.98. The van der Waals surface area contributed by atoms with Crippen LogP contribution in [0.5, 0.6) is 0 Å². The molecule has 0 spiro atoms. The van der Waals surface area contributed by atoms with E-state index < -0.39 is 0 Å². The van der Waals surface area contributed by atoms with Crippen LogP contribution in [0.15, 0.2) is 23.7 Å². The van der Waals surface area contributed by atoms with Gasteiger partial charge >= 0.3 is 0 Å². The summed E-state index contributed by atoms with van der Waals surface area (Å²) >= 11 is 1.79. The minimum Gasteiger partial charge on any atom is -0.369 e. The van der Waals surface area contributed by atoms with Gasteiger partial charge in [0.2, 0.25) is 0 Å². The van der Waals surface area contributed by atoms with Gasteiger partial charge in [0, 0.05) is 22.8 Å². The maximum absolute atomic E-state index is 4.51. The van der Waals surface area contributed by atoms with Gasteiger partial charge in [-0.2, -0.15) is 0 Å². The molecule has 0 aromatic carbocycles. The Balaban J connectivity index is 1.51. The van der Waals surface area contributed by atoms with Crippen molar-refractivity contribution in [2.24, 2.45) is 17.8 Å². The monoisotopic (exact) mass is 258 g/mol. The topological polar surface area (TPSA) is 24.9 Å². The molecule has 0 bridgehead atoms. The molecule has 3 heteroatoms. The second-order valence-corrected chi connectivity index (χ2v) is 6.66. The van der Waals surface area contributed by atoms with Gasteiger partial charge in [0.15, 0.2) is 0 Å². The number of pyridine rings is 1. The number of aromatic nitrogens is 1. The zero-order valence-corrected chi connectivity index (χ0v) is 11.2. The second kappa shape index (κ2) is 4.23. The quantitative estimate of drug-likeness (QED) is 0.871. The lowest BCUT2D eigenvalue weighted by Crippen LogP contribution is -2.18. The number of nitrogens with one attached hydrogen (secondary N) is 1. The van der Waals surface area contributed by atoms with Gasteiger partial charge in [-0.25, -0.2) is 4.98 Å². The molecule has 0 radical (unpaired) electrons. The van der Waals surface area contributed by atoms with Crippen molar-refractivity contribution < 1.29 is 0 Å². The Morgan fingerprint density at radius 2 is 2.00 bits per heavy atom. The van der Waals surface area contributed by atoms with E-state index in [2.05, 4.69) is 27.8 Å². The van der Waals surface area contributed by atoms with E-state index in [1.165, 1.54) is 35.8 Å². The molecule has 2 aromatic rings. The average Bonchev–Trinajstić information content (AvgIpc) is 3.30. The van der Waals surface area contributed by atoms with Gasteiger partial charge in [-0.1, -0.05) is 0 Å². The highest BCUT2D eigenvalue weighted by molar-refractivity contribution is 7.17. The third-order valence-electron chi connectivity index (χ3n) is 4.34. The smallest absolute Gasteiger partial charge is 0.134 e. The molecule has 2 aromatic heterocycles. The van der Waals surface area contributed by atoms with Crippen LogP contribution in [-0.4, -0.2) is 11.5 Å². The molecule has 0 unspecified atom stereocenters. The average molecular weight is 258 g/mol. The van der Waals surface area contributed by atoms with Crippen LogP contribution in [0, 0.1) is 17.8 Å². The maximum atomic E-state index is 4.51. The molecular formula is C15H18N2S. The lowest BCUT2D eigenvalue weighted by Gasteiger charge is -2.16. The summed E-state index contributed by atoms with van der Waals surface area (Å²) in [6.07, 6.45) is 7.75. The first kappa shape index (κ1) is 10.8. The minimum absolute atomic E-state index is 0.903. The van der Waals surface area contributed by atoms with Gasteiger partial charge in [0.25, 0.3) is 0 Å². The summed E-state index contributed by atoms with van der Waals surface area (Å²) in [7, 11) is 0. The van der Waals surface area contributed by atoms with Crippen LogP contribution in [0.4, 0.5) is 5.82 Å². The lowest BCUT2D eigenvalue weighted by atomic mass is 9.98. The predicted octanol–water partition coefficient (Wildman–Crippen LogP) is 4.14. The van der Waals surface area contributed by atoms with Crippen molar-refractivity contribution in [3.63, 3.8) is 0 Å². The van der Waals surface area contributed by atoms with Crippen molar-refractivity contribution in [1.29, 1.82) is 0 Å². The third-order valence-corrected chi connectivity index (χ3v) is 5.22. The Kier molecular flexibility index (Phi) is 2.54. The highest BCUT2D eigenvalue weighted by atomic mass is 32.1. The van der Waals surface area contributed by atoms with Crippen LogP contribution >= 0.6 is 11.3 Å². The van der Waals surface area contributed by atoms with Crippen molar-refractivity contribution in [3.8, 4) is 0 Å². The van der Waals surface area contributed by atoms with E-state index in [-0.39, 0.29) is 0 Å². The molecule has 2 aliphatic rings. The van der Waals surface area contributed by atoms with Gasteiger partial charge in [0.1, 0.15) is 5.82 Å². The number of thiophene rings is 1. The summed E-state index contributed by atoms with van der Waals surface area (Å²) in [6, 6.07) is 4.28. The summed E-state index contributed by atoms with van der Waals surface area (Å²) in [5.41, 5.74) is 0. The Morgan fingerprint density at radius 3 is 2.72 bits per heavy atom. The van der Waals surface area contributed by atoms with Crippen LogP contribution in [0.2, 0.25) is 0 Å². The number of anilines is 1. The van der Waals surface area contributed by atoms with Crippen molar-refractivity contribution in [2.75, 3.05) is 11.9 Å². The van der Waals surface area contributed by atoms with Gasteiger partial charge in [-0.3, -0.25) is 0 Å². The fourth-order valence-electron chi connectivity index (χ4n) is 3.02. The molecule has 0 atom stereocenters. The van der Waals surface area contributed by atoms with E-state index in [1.54, 1.807) is 11.3 Å². The molecule has 2 saturated carbocycles. The number of rotatable bonds is 5. The molecule has 0 aliphatic heterocycles. The van der Waals surface area contributed by atoms with Crippen LogP contribution < -0.4 is 5.32 Å². The highest BCUT2D eigenvalue weighted by Gasteiger charge is 2.41. The molecule has 2 fully saturated rings. The Hall–Kier alpha value is -1.09. The Bertz CT molecular complexity index is 542. The summed E-state index contributed by atoms with van der Waals surface area (Å²) < 4.78 is 1.34. The second-order valence-electron chi connectivity index (χ2n) is 5.71. The third kappa shape index (κ3) is 2.01. The zero-order valence-electron chi connectivity index (χ0n) is 10.4. The molecule has 94 valence electrons. The van der Waals surface area contributed by atoms with E-state index >= 15 is 0 Å². The first-order chi connectivity index (χ1) is 8.92. The number of nitrogens with zero attached hydrogens (tertiary/aromatic N) is 1. The van der Waals surface area contributed by atoms with Gasteiger partial charge in [-0.05, 0) is 60.9 Å². The van der Waals surface area contributed by atoms with Gasteiger partial charge < -0.3 is 5.32 Å². The Morgan fingerprint density at radius 1 is 1.22 bits per heavy atom. The van der Waals surface area contributed by atoms with E-state index in [1.807, 2.05) is 6.20 Å². The van der Waals surface area contributed by atoms with E-state index in [4.69, 9.17) is 0 Å². The number of hydrogen-bond acceptors (Lipinski definition) is 3. The van der Waals surface area contributed by atoms with Crippen LogP contribution in [0.25, 0.3) is 10.1 Å². The maximum Gasteiger partial charge on any atom is 0.134 e. The van der Waals surface area contributed by atoms with E-state index in [9.17, 15) is 0 Å². The first-order valence-corrected chi connectivity index (χ1v) is 7.86. The Labute approximate surface area is 111 Å². The fraction of sp³-hybridized carbons (Fsp3) is 0.533. The minimum atomic E-state index is 0.903. The van der Waals surface area contributed by atoms with Crippen molar-refractivity contribution >= 4 is 27.2 Å². The van der Waals surface area contributed by atoms with Crippen LogP contribution in [0.1, 0.15) is 25.7 Å². The SMILES string of the molecule is c1cc2sccc2c(NCC(C2CC2)C2CC2)n1. The van der Waals surface area contributed by atoms with Gasteiger partial charge in [-0.15, -0.1) is 11.3 Å². The highest BCUT2D eigenvalue weighted by Crippen LogP contribution is 2.49. The molecule has 2 nitrogen and oxygen atoms in total. The van der Waals surface area contributed by atoms with Crippen LogP contribution in [0.3, 0.4) is 0 Å². The van der Waals surface area contributed by atoms with Crippen molar-refractivity contribution in [3.05, 3.63) is 23.7 Å². The van der Waals surface area contributed by atoms with Crippen molar-refractivity contribution in [1.82, 2.24) is 4.98 Å². The standard InChI is InChI=1S/C15H18N2S/c1-2-10(1)13(11-3-4-11)9-17-15-12-6-8-18-14(12)5-7-16-15/h5-8,10-11,13H,1-4,9H2,(H,16,17). The van der Waals surface area contributed by atoms with E-state index in [0.717, 1.165) is 30.1 Å². The molecule has 1 N–H and O–H groups in total. The van der Waals surface area contributed by atoms with Gasteiger partial charge in [0.05, 0.1) is 0 Å². The summed E-state index contributed by atoms with van der Waals surface area (Å²) in [5, 5.41) is 7.05. The molecular weight excluding hydrogens is 240 g/mol. The summed E-state index contributed by atoms with van der Waals surface area (Å²) in [6.45, 7) is 1.12. The molecule has 2 aliphatic carbocycles. The normalized spacial score (nSPS) is 19.6. The molecule has 18 heavy (non-hydrogen) atoms. The number of fused-ring (bicyclic) bond motifs is 1. The molecule has 0 saturated heterocycles. The summed E-state index contributed by atoms with van der Waals surface area (Å²) in [5.74, 6) is 4.00. The molecule has 4 rings (SSSR count).